The van der Waals surface area contributed by atoms with Crippen LogP contribution < -0.4 is 5.73 Å². The Kier molecular flexibility index (Phi) is 3.92. The van der Waals surface area contributed by atoms with E-state index in [1.165, 1.54) is 12.0 Å². The molecule has 0 amide bonds. The van der Waals surface area contributed by atoms with Crippen molar-refractivity contribution in [3.8, 4) is 10.6 Å². The van der Waals surface area contributed by atoms with Crippen molar-refractivity contribution in [1.82, 2.24) is 9.88 Å². The largest absolute Gasteiger partial charge is 0.327 e. The number of likely N-dealkylation sites (tertiary alicyclic amines) is 1. The molecule has 3 nitrogen and oxygen atoms in total. The minimum absolute atomic E-state index is 0.334. The highest BCUT2D eigenvalue weighted by atomic mass is 32.1. The third kappa shape index (κ3) is 3.21. The summed E-state index contributed by atoms with van der Waals surface area (Å²) in [6.07, 6.45) is 2.36. The Morgan fingerprint density at radius 3 is 2.95 bits per heavy atom. The number of rotatable bonds is 3. The molecule has 3 rings (SSSR count). The number of hydrogen-bond acceptors (Lipinski definition) is 4. The van der Waals surface area contributed by atoms with Crippen molar-refractivity contribution in [2.24, 2.45) is 5.73 Å². The number of nitrogens with two attached hydrogens (primary N) is 1. The lowest BCUT2D eigenvalue weighted by atomic mass is 10.1. The summed E-state index contributed by atoms with van der Waals surface area (Å²) in [5.74, 6) is 0. The zero-order valence-electron chi connectivity index (χ0n) is 11.0. The second kappa shape index (κ2) is 5.82. The van der Waals surface area contributed by atoms with E-state index in [2.05, 4.69) is 34.5 Å². The van der Waals surface area contributed by atoms with Crippen LogP contribution in [0.1, 0.15) is 18.5 Å². The van der Waals surface area contributed by atoms with Crippen molar-refractivity contribution in [1.29, 1.82) is 0 Å². The van der Waals surface area contributed by atoms with Crippen molar-refractivity contribution >= 4 is 11.3 Å². The maximum absolute atomic E-state index is 6.02. The van der Waals surface area contributed by atoms with Gasteiger partial charge in [0, 0.05) is 30.1 Å². The second-order valence-electron chi connectivity index (χ2n) is 5.15. The predicted octanol–water partition coefficient (Wildman–Crippen LogP) is 2.73. The van der Waals surface area contributed by atoms with Crippen LogP contribution in [0, 0.1) is 0 Å². The van der Waals surface area contributed by atoms with E-state index in [1.807, 2.05) is 6.07 Å². The molecule has 1 fully saturated rings. The van der Waals surface area contributed by atoms with Gasteiger partial charge in [0.05, 0.1) is 5.69 Å². The Morgan fingerprint density at radius 1 is 1.32 bits per heavy atom. The van der Waals surface area contributed by atoms with Gasteiger partial charge in [-0.05, 0) is 19.4 Å². The third-order valence-electron chi connectivity index (χ3n) is 3.50. The van der Waals surface area contributed by atoms with Crippen LogP contribution in [0.4, 0.5) is 0 Å². The molecular weight excluding hydrogens is 254 g/mol. The summed E-state index contributed by atoms with van der Waals surface area (Å²) in [6, 6.07) is 10.7. The van der Waals surface area contributed by atoms with Gasteiger partial charge in [0.25, 0.3) is 0 Å². The summed E-state index contributed by atoms with van der Waals surface area (Å²) in [4.78, 5) is 7.15. The number of thiazole rings is 1. The van der Waals surface area contributed by atoms with Crippen molar-refractivity contribution in [2.45, 2.75) is 25.4 Å². The maximum Gasteiger partial charge on any atom is 0.123 e. The van der Waals surface area contributed by atoms with Gasteiger partial charge in [-0.2, -0.15) is 0 Å². The Hall–Kier alpha value is -1.23. The van der Waals surface area contributed by atoms with Crippen LogP contribution in [-0.2, 0) is 6.54 Å². The predicted molar refractivity (Wildman–Crippen MR) is 80.0 cm³/mol. The fourth-order valence-electron chi connectivity index (χ4n) is 2.56. The molecule has 0 unspecified atom stereocenters. The lowest BCUT2D eigenvalue weighted by Gasteiger charge is -2.29. The van der Waals surface area contributed by atoms with E-state index in [9.17, 15) is 0 Å². The summed E-state index contributed by atoms with van der Waals surface area (Å²) in [5, 5.41) is 3.28. The van der Waals surface area contributed by atoms with Gasteiger partial charge in [-0.25, -0.2) is 4.98 Å². The molecule has 0 bridgehead atoms. The summed E-state index contributed by atoms with van der Waals surface area (Å²) in [7, 11) is 0. The van der Waals surface area contributed by atoms with Gasteiger partial charge in [-0.15, -0.1) is 11.3 Å². The van der Waals surface area contributed by atoms with Crippen LogP contribution in [0.3, 0.4) is 0 Å². The highest BCUT2D eigenvalue weighted by molar-refractivity contribution is 7.13. The average molecular weight is 273 g/mol. The molecule has 2 N–H and O–H groups in total. The molecule has 100 valence electrons. The van der Waals surface area contributed by atoms with Crippen LogP contribution in [0.5, 0.6) is 0 Å². The zero-order chi connectivity index (χ0) is 13.1. The molecule has 19 heavy (non-hydrogen) atoms. The summed E-state index contributed by atoms with van der Waals surface area (Å²) in [5.41, 5.74) is 8.38. The lowest BCUT2D eigenvalue weighted by molar-refractivity contribution is 0.200. The van der Waals surface area contributed by atoms with Gasteiger partial charge in [0.15, 0.2) is 0 Å². The Bertz CT molecular complexity index is 523. The molecule has 2 aromatic rings. The van der Waals surface area contributed by atoms with E-state index in [4.69, 9.17) is 10.7 Å². The first-order valence-corrected chi connectivity index (χ1v) is 7.67. The Labute approximate surface area is 118 Å². The fourth-order valence-corrected chi connectivity index (χ4v) is 3.37. The minimum atomic E-state index is 0.334. The van der Waals surface area contributed by atoms with E-state index < -0.39 is 0 Å². The van der Waals surface area contributed by atoms with E-state index >= 15 is 0 Å². The van der Waals surface area contributed by atoms with Gasteiger partial charge in [0.1, 0.15) is 5.01 Å². The molecule has 1 saturated heterocycles. The van der Waals surface area contributed by atoms with Crippen LogP contribution in [-0.4, -0.2) is 29.0 Å². The highest BCUT2D eigenvalue weighted by Crippen LogP contribution is 2.24. The van der Waals surface area contributed by atoms with E-state index in [0.717, 1.165) is 36.8 Å². The van der Waals surface area contributed by atoms with E-state index in [0.29, 0.717) is 6.04 Å². The molecule has 1 aromatic heterocycles. The standard InChI is InChI=1S/C15H19N3S/c16-13-7-4-8-18(9-13)10-14-11-19-15(17-14)12-5-2-1-3-6-12/h1-3,5-6,11,13H,4,7-10,16H2/t13-/m1/s1. The summed E-state index contributed by atoms with van der Waals surface area (Å²) >= 11 is 1.72. The normalized spacial score (nSPS) is 20.6. The highest BCUT2D eigenvalue weighted by Gasteiger charge is 2.17. The van der Waals surface area contributed by atoms with Crippen LogP contribution in [0.15, 0.2) is 35.7 Å². The fraction of sp³-hybridized carbons (Fsp3) is 0.400. The third-order valence-corrected chi connectivity index (χ3v) is 4.44. The Balaban J connectivity index is 1.68. The maximum atomic E-state index is 6.02. The summed E-state index contributed by atoms with van der Waals surface area (Å²) < 4.78 is 0. The van der Waals surface area contributed by atoms with Crippen molar-refractivity contribution in [3.63, 3.8) is 0 Å². The van der Waals surface area contributed by atoms with Crippen molar-refractivity contribution in [3.05, 3.63) is 41.4 Å². The number of aromatic nitrogens is 1. The van der Waals surface area contributed by atoms with Crippen LogP contribution in [0.2, 0.25) is 0 Å². The second-order valence-corrected chi connectivity index (χ2v) is 6.01. The molecule has 4 heteroatoms. The van der Waals surface area contributed by atoms with Crippen LogP contribution in [0.25, 0.3) is 10.6 Å². The van der Waals surface area contributed by atoms with Crippen molar-refractivity contribution in [2.75, 3.05) is 13.1 Å². The first-order valence-electron chi connectivity index (χ1n) is 6.79. The number of hydrogen-bond donors (Lipinski definition) is 1. The topological polar surface area (TPSA) is 42.1 Å². The van der Waals surface area contributed by atoms with Gasteiger partial charge in [-0.3, -0.25) is 4.90 Å². The first-order chi connectivity index (χ1) is 9.31. The van der Waals surface area contributed by atoms with Gasteiger partial charge < -0.3 is 5.73 Å². The number of piperidine rings is 1. The molecule has 0 saturated carbocycles. The Morgan fingerprint density at radius 2 is 2.16 bits per heavy atom. The average Bonchev–Trinajstić information content (AvgIpc) is 2.88. The lowest BCUT2D eigenvalue weighted by Crippen LogP contribution is -2.42. The SMILES string of the molecule is N[C@@H]1CCCN(Cc2csc(-c3ccccc3)n2)C1. The molecule has 1 atom stereocenters. The van der Waals surface area contributed by atoms with Gasteiger partial charge in [0.2, 0.25) is 0 Å². The molecule has 0 radical (unpaired) electrons. The monoisotopic (exact) mass is 273 g/mol. The molecule has 1 aromatic carbocycles. The molecular formula is C15H19N3S. The molecule has 2 heterocycles. The van der Waals surface area contributed by atoms with Crippen LogP contribution >= 0.6 is 11.3 Å². The minimum Gasteiger partial charge on any atom is -0.327 e. The first kappa shape index (κ1) is 12.8. The number of benzene rings is 1. The smallest absolute Gasteiger partial charge is 0.123 e. The molecule has 1 aliphatic rings. The molecule has 0 aliphatic carbocycles. The number of nitrogens with zero attached hydrogens (tertiary/aromatic N) is 2. The molecule has 0 spiro atoms. The zero-order valence-corrected chi connectivity index (χ0v) is 11.8. The van der Waals surface area contributed by atoms with Crippen molar-refractivity contribution < 1.29 is 0 Å². The van der Waals surface area contributed by atoms with E-state index in [-0.39, 0.29) is 0 Å². The quantitative estimate of drug-likeness (QED) is 0.935. The van der Waals surface area contributed by atoms with Gasteiger partial charge >= 0.3 is 0 Å². The van der Waals surface area contributed by atoms with E-state index in [1.54, 1.807) is 11.3 Å². The van der Waals surface area contributed by atoms with Gasteiger partial charge in [-0.1, -0.05) is 30.3 Å². The molecule has 1 aliphatic heterocycles. The summed E-state index contributed by atoms with van der Waals surface area (Å²) in [6.45, 7) is 3.07.